The molecule has 1 aromatic heterocycles. The third-order valence-electron chi connectivity index (χ3n) is 2.60. The average molecular weight is 256 g/mol. The fraction of sp³-hybridized carbons (Fsp3) is 0.455. The predicted molar refractivity (Wildman–Crippen MR) is 65.0 cm³/mol. The first-order valence-electron chi connectivity index (χ1n) is 5.46. The van der Waals surface area contributed by atoms with Crippen molar-refractivity contribution in [3.8, 4) is 0 Å². The van der Waals surface area contributed by atoms with E-state index in [1.165, 1.54) is 6.20 Å². The zero-order chi connectivity index (χ0) is 12.3. The number of anilines is 1. The molecule has 0 saturated carbocycles. The molecule has 2 N–H and O–H groups in total. The zero-order valence-electron chi connectivity index (χ0n) is 9.36. The minimum absolute atomic E-state index is 0.139. The summed E-state index contributed by atoms with van der Waals surface area (Å²) in [6.07, 6.45) is 2.27. The van der Waals surface area contributed by atoms with Crippen LogP contribution in [0, 0.1) is 0 Å². The lowest BCUT2D eigenvalue weighted by Gasteiger charge is -2.20. The molecule has 1 saturated heterocycles. The number of rotatable bonds is 1. The van der Waals surface area contributed by atoms with E-state index in [1.54, 1.807) is 11.0 Å². The molecular weight excluding hydrogens is 242 g/mol. The van der Waals surface area contributed by atoms with Crippen molar-refractivity contribution in [2.45, 2.75) is 6.42 Å². The Morgan fingerprint density at radius 3 is 3.12 bits per heavy atom. The van der Waals surface area contributed by atoms with E-state index in [-0.39, 0.29) is 11.1 Å². The van der Waals surface area contributed by atoms with Crippen molar-refractivity contribution in [2.75, 3.05) is 32.0 Å². The summed E-state index contributed by atoms with van der Waals surface area (Å²) >= 11 is 5.91. The van der Waals surface area contributed by atoms with Gasteiger partial charge in [0.05, 0.1) is 24.1 Å². The minimum atomic E-state index is -0.139. The van der Waals surface area contributed by atoms with Gasteiger partial charge in [0.2, 0.25) is 0 Å². The van der Waals surface area contributed by atoms with Crippen LogP contribution >= 0.6 is 11.6 Å². The molecule has 0 aromatic carbocycles. The molecule has 0 radical (unpaired) electrons. The van der Waals surface area contributed by atoms with Crippen LogP contribution in [0.25, 0.3) is 0 Å². The summed E-state index contributed by atoms with van der Waals surface area (Å²) in [6.45, 7) is 2.49. The van der Waals surface area contributed by atoms with Crippen LogP contribution in [-0.2, 0) is 4.74 Å². The highest BCUT2D eigenvalue weighted by Crippen LogP contribution is 2.18. The molecule has 0 bridgehead atoms. The van der Waals surface area contributed by atoms with Gasteiger partial charge in [-0.25, -0.2) is 4.98 Å². The Kier molecular flexibility index (Phi) is 3.81. The molecule has 92 valence electrons. The molecule has 2 heterocycles. The number of nitrogen functional groups attached to an aromatic ring is 1. The number of nitrogens with zero attached hydrogens (tertiary/aromatic N) is 2. The summed E-state index contributed by atoms with van der Waals surface area (Å²) in [5, 5.41) is 0.189. The molecule has 6 heteroatoms. The highest BCUT2D eigenvalue weighted by molar-refractivity contribution is 6.32. The summed E-state index contributed by atoms with van der Waals surface area (Å²) in [5.41, 5.74) is 6.40. The van der Waals surface area contributed by atoms with Gasteiger partial charge in [-0.3, -0.25) is 4.79 Å². The number of carbonyl (C=O) groups excluding carboxylic acids is 1. The molecule has 17 heavy (non-hydrogen) atoms. The molecule has 0 spiro atoms. The minimum Gasteiger partial charge on any atom is -0.397 e. The summed E-state index contributed by atoms with van der Waals surface area (Å²) < 4.78 is 5.30. The average Bonchev–Trinajstić information content (AvgIpc) is 2.60. The lowest BCUT2D eigenvalue weighted by molar-refractivity contribution is 0.0741. The molecule has 1 aliphatic rings. The third-order valence-corrected chi connectivity index (χ3v) is 2.90. The second-order valence-corrected chi connectivity index (χ2v) is 4.22. The Morgan fingerprint density at radius 1 is 1.47 bits per heavy atom. The van der Waals surface area contributed by atoms with Gasteiger partial charge in [0.15, 0.2) is 0 Å². The predicted octanol–water partition coefficient (Wildman–Crippen LogP) is 1.18. The number of halogens is 1. The van der Waals surface area contributed by atoms with Crippen molar-refractivity contribution >= 4 is 23.2 Å². The highest BCUT2D eigenvalue weighted by Gasteiger charge is 2.20. The standard InChI is InChI=1S/C11H14ClN3O2/c12-10-9(6-8(13)7-14-10)11(16)15-2-1-4-17-5-3-15/h6-7H,1-5,13H2. The quantitative estimate of drug-likeness (QED) is 0.765. The van der Waals surface area contributed by atoms with Gasteiger partial charge in [0.1, 0.15) is 5.15 Å². The van der Waals surface area contributed by atoms with Gasteiger partial charge >= 0.3 is 0 Å². The summed E-state index contributed by atoms with van der Waals surface area (Å²) in [5.74, 6) is -0.139. The third kappa shape index (κ3) is 2.87. The molecule has 1 amide bonds. The summed E-state index contributed by atoms with van der Waals surface area (Å²) in [7, 11) is 0. The Labute approximate surface area is 105 Å². The normalized spacial score (nSPS) is 16.6. The van der Waals surface area contributed by atoms with E-state index in [9.17, 15) is 4.79 Å². The van der Waals surface area contributed by atoms with Crippen molar-refractivity contribution in [3.05, 3.63) is 23.0 Å². The molecule has 0 atom stereocenters. The zero-order valence-corrected chi connectivity index (χ0v) is 10.1. The number of carbonyl (C=O) groups is 1. The molecule has 1 fully saturated rings. The van der Waals surface area contributed by atoms with Gasteiger partial charge in [-0.15, -0.1) is 0 Å². The van der Waals surface area contributed by atoms with Crippen LogP contribution in [0.15, 0.2) is 12.3 Å². The first-order valence-corrected chi connectivity index (χ1v) is 5.84. The van der Waals surface area contributed by atoms with Crippen molar-refractivity contribution in [2.24, 2.45) is 0 Å². The Morgan fingerprint density at radius 2 is 2.29 bits per heavy atom. The van der Waals surface area contributed by atoms with Gasteiger partial charge in [0.25, 0.3) is 5.91 Å². The summed E-state index contributed by atoms with van der Waals surface area (Å²) in [6, 6.07) is 1.56. The number of nitrogens with two attached hydrogens (primary N) is 1. The molecule has 0 aliphatic carbocycles. The van der Waals surface area contributed by atoms with Crippen LogP contribution in [-0.4, -0.2) is 42.1 Å². The molecule has 1 aliphatic heterocycles. The Balaban J connectivity index is 2.20. The maximum absolute atomic E-state index is 12.2. The van der Waals surface area contributed by atoms with Crippen LogP contribution in [0.5, 0.6) is 0 Å². The largest absolute Gasteiger partial charge is 0.397 e. The molecule has 1 aromatic rings. The number of aromatic nitrogens is 1. The number of hydrogen-bond acceptors (Lipinski definition) is 4. The smallest absolute Gasteiger partial charge is 0.257 e. The topological polar surface area (TPSA) is 68.5 Å². The van der Waals surface area contributed by atoms with E-state index in [1.807, 2.05) is 0 Å². The van der Waals surface area contributed by atoms with Gasteiger partial charge < -0.3 is 15.4 Å². The van der Waals surface area contributed by atoms with E-state index in [2.05, 4.69) is 4.98 Å². The second-order valence-electron chi connectivity index (χ2n) is 3.87. The lowest BCUT2D eigenvalue weighted by atomic mass is 10.2. The van der Waals surface area contributed by atoms with Gasteiger partial charge in [0, 0.05) is 19.7 Å². The fourth-order valence-electron chi connectivity index (χ4n) is 1.73. The first kappa shape index (κ1) is 12.1. The summed E-state index contributed by atoms with van der Waals surface area (Å²) in [4.78, 5) is 17.8. The van der Waals surface area contributed by atoms with Crippen LogP contribution in [0.3, 0.4) is 0 Å². The van der Waals surface area contributed by atoms with E-state index in [0.29, 0.717) is 37.6 Å². The highest BCUT2D eigenvalue weighted by atomic mass is 35.5. The van der Waals surface area contributed by atoms with Crippen molar-refractivity contribution < 1.29 is 9.53 Å². The Hall–Kier alpha value is -1.33. The van der Waals surface area contributed by atoms with Crippen LogP contribution in [0.1, 0.15) is 16.8 Å². The van der Waals surface area contributed by atoms with E-state index >= 15 is 0 Å². The van der Waals surface area contributed by atoms with Crippen molar-refractivity contribution in [1.29, 1.82) is 0 Å². The lowest BCUT2D eigenvalue weighted by Crippen LogP contribution is -2.33. The number of amides is 1. The van der Waals surface area contributed by atoms with E-state index in [0.717, 1.165) is 6.42 Å². The van der Waals surface area contributed by atoms with Crippen LogP contribution in [0.2, 0.25) is 5.15 Å². The first-order chi connectivity index (χ1) is 8.18. The molecule has 2 rings (SSSR count). The SMILES string of the molecule is Nc1cnc(Cl)c(C(=O)N2CCCOCC2)c1. The molecule has 5 nitrogen and oxygen atoms in total. The fourth-order valence-corrected chi connectivity index (χ4v) is 1.92. The molecular formula is C11H14ClN3O2. The van der Waals surface area contributed by atoms with Crippen LogP contribution < -0.4 is 5.73 Å². The monoisotopic (exact) mass is 255 g/mol. The number of ether oxygens (including phenoxy) is 1. The van der Waals surface area contributed by atoms with E-state index < -0.39 is 0 Å². The number of pyridine rings is 1. The van der Waals surface area contributed by atoms with Gasteiger partial charge in [-0.05, 0) is 12.5 Å². The Bertz CT molecular complexity index is 417. The van der Waals surface area contributed by atoms with Crippen LogP contribution in [0.4, 0.5) is 5.69 Å². The van der Waals surface area contributed by atoms with Gasteiger partial charge in [-0.1, -0.05) is 11.6 Å². The van der Waals surface area contributed by atoms with Crippen molar-refractivity contribution in [1.82, 2.24) is 9.88 Å². The second kappa shape index (κ2) is 5.33. The van der Waals surface area contributed by atoms with E-state index in [4.69, 9.17) is 22.1 Å². The van der Waals surface area contributed by atoms with Gasteiger partial charge in [-0.2, -0.15) is 0 Å². The molecule has 0 unspecified atom stereocenters. The van der Waals surface area contributed by atoms with Crippen molar-refractivity contribution in [3.63, 3.8) is 0 Å². The maximum atomic E-state index is 12.2. The number of hydrogen-bond donors (Lipinski definition) is 1. The maximum Gasteiger partial charge on any atom is 0.257 e.